The third-order valence-electron chi connectivity index (χ3n) is 4.23. The molecule has 0 aromatic carbocycles. The largest absolute Gasteiger partial charge is 0.317 e. The van der Waals surface area contributed by atoms with Gasteiger partial charge in [0, 0.05) is 6.04 Å². The highest BCUT2D eigenvalue weighted by atomic mass is 14.9. The van der Waals surface area contributed by atoms with Crippen LogP contribution in [0.5, 0.6) is 0 Å². The van der Waals surface area contributed by atoms with Gasteiger partial charge in [-0.3, -0.25) is 0 Å². The van der Waals surface area contributed by atoms with Gasteiger partial charge in [0.05, 0.1) is 0 Å². The van der Waals surface area contributed by atoms with Crippen LogP contribution >= 0.6 is 0 Å². The summed E-state index contributed by atoms with van der Waals surface area (Å²) in [6.07, 6.45) is 15.3. The molecule has 18 heavy (non-hydrogen) atoms. The first-order valence-electron chi connectivity index (χ1n) is 8.45. The molecule has 0 saturated heterocycles. The Morgan fingerprint density at radius 1 is 0.778 bits per heavy atom. The van der Waals surface area contributed by atoms with E-state index in [1.54, 1.807) is 0 Å². The Hall–Kier alpha value is -0.0400. The van der Waals surface area contributed by atoms with Gasteiger partial charge in [-0.05, 0) is 25.8 Å². The Morgan fingerprint density at radius 2 is 1.44 bits per heavy atom. The van der Waals surface area contributed by atoms with Gasteiger partial charge in [-0.1, -0.05) is 78.6 Å². The lowest BCUT2D eigenvalue weighted by Crippen LogP contribution is -2.27. The minimum atomic E-state index is 0.758. The van der Waals surface area contributed by atoms with Crippen LogP contribution in [0.2, 0.25) is 0 Å². The van der Waals surface area contributed by atoms with Crippen LogP contribution in [0, 0.1) is 5.92 Å². The third-order valence-corrected chi connectivity index (χ3v) is 4.23. The molecule has 0 aromatic heterocycles. The SMILES string of the molecule is CCCCCCCC(CC(CC)CCCC)NC. The summed E-state index contributed by atoms with van der Waals surface area (Å²) in [4.78, 5) is 0. The summed E-state index contributed by atoms with van der Waals surface area (Å²) in [6, 6.07) is 0.758. The van der Waals surface area contributed by atoms with Gasteiger partial charge in [0.1, 0.15) is 0 Å². The van der Waals surface area contributed by atoms with Gasteiger partial charge in [-0.25, -0.2) is 0 Å². The summed E-state index contributed by atoms with van der Waals surface area (Å²) in [7, 11) is 2.14. The lowest BCUT2D eigenvalue weighted by molar-refractivity contribution is 0.342. The smallest absolute Gasteiger partial charge is 0.00667 e. The molecule has 110 valence electrons. The highest BCUT2D eigenvalue weighted by Crippen LogP contribution is 2.21. The van der Waals surface area contributed by atoms with E-state index in [1.165, 1.54) is 70.6 Å². The Kier molecular flexibility index (Phi) is 13.4. The quantitative estimate of drug-likeness (QED) is 0.426. The van der Waals surface area contributed by atoms with E-state index < -0.39 is 0 Å². The fourth-order valence-electron chi connectivity index (χ4n) is 2.76. The van der Waals surface area contributed by atoms with Crippen molar-refractivity contribution >= 4 is 0 Å². The van der Waals surface area contributed by atoms with E-state index in [4.69, 9.17) is 0 Å². The van der Waals surface area contributed by atoms with E-state index in [2.05, 4.69) is 33.1 Å². The van der Waals surface area contributed by atoms with Crippen molar-refractivity contribution in [2.75, 3.05) is 7.05 Å². The van der Waals surface area contributed by atoms with Crippen molar-refractivity contribution in [3.05, 3.63) is 0 Å². The van der Waals surface area contributed by atoms with E-state index in [9.17, 15) is 0 Å². The second-order valence-corrected chi connectivity index (χ2v) is 5.84. The summed E-state index contributed by atoms with van der Waals surface area (Å²) in [5.41, 5.74) is 0. The summed E-state index contributed by atoms with van der Waals surface area (Å²) in [6.45, 7) is 6.94. The van der Waals surface area contributed by atoms with E-state index in [0.717, 1.165) is 12.0 Å². The van der Waals surface area contributed by atoms with E-state index in [0.29, 0.717) is 0 Å². The zero-order chi connectivity index (χ0) is 13.6. The summed E-state index contributed by atoms with van der Waals surface area (Å²) >= 11 is 0. The van der Waals surface area contributed by atoms with Crippen LogP contribution in [0.25, 0.3) is 0 Å². The Morgan fingerprint density at radius 3 is 2.00 bits per heavy atom. The minimum absolute atomic E-state index is 0.758. The number of unbranched alkanes of at least 4 members (excludes halogenated alkanes) is 5. The molecular formula is C17H37N. The first-order chi connectivity index (χ1) is 8.78. The maximum Gasteiger partial charge on any atom is 0.00667 e. The molecule has 0 aromatic rings. The third kappa shape index (κ3) is 9.94. The van der Waals surface area contributed by atoms with Crippen molar-refractivity contribution in [3.8, 4) is 0 Å². The van der Waals surface area contributed by atoms with Crippen molar-refractivity contribution in [2.24, 2.45) is 5.92 Å². The number of rotatable bonds is 13. The number of hydrogen-bond acceptors (Lipinski definition) is 1. The second-order valence-electron chi connectivity index (χ2n) is 5.84. The number of hydrogen-bond donors (Lipinski definition) is 1. The lowest BCUT2D eigenvalue weighted by atomic mass is 9.90. The van der Waals surface area contributed by atoms with Crippen molar-refractivity contribution in [1.29, 1.82) is 0 Å². The predicted molar refractivity (Wildman–Crippen MR) is 84.1 cm³/mol. The molecule has 0 amide bonds. The van der Waals surface area contributed by atoms with Crippen LogP contribution < -0.4 is 5.32 Å². The summed E-state index contributed by atoms with van der Waals surface area (Å²) < 4.78 is 0. The molecule has 0 aliphatic rings. The lowest BCUT2D eigenvalue weighted by Gasteiger charge is -2.22. The average molecular weight is 255 g/mol. The molecule has 1 nitrogen and oxygen atoms in total. The summed E-state index contributed by atoms with van der Waals surface area (Å²) in [5, 5.41) is 3.53. The molecule has 2 atom stereocenters. The topological polar surface area (TPSA) is 12.0 Å². The molecule has 0 bridgehead atoms. The maximum absolute atomic E-state index is 3.53. The minimum Gasteiger partial charge on any atom is -0.317 e. The van der Waals surface area contributed by atoms with Crippen molar-refractivity contribution in [3.63, 3.8) is 0 Å². The molecule has 1 heteroatoms. The van der Waals surface area contributed by atoms with E-state index in [1.807, 2.05) is 0 Å². The van der Waals surface area contributed by atoms with Gasteiger partial charge in [-0.2, -0.15) is 0 Å². The molecule has 0 rings (SSSR count). The van der Waals surface area contributed by atoms with Gasteiger partial charge in [-0.15, -0.1) is 0 Å². The molecular weight excluding hydrogens is 218 g/mol. The maximum atomic E-state index is 3.53. The van der Waals surface area contributed by atoms with Crippen LogP contribution in [0.1, 0.15) is 91.4 Å². The van der Waals surface area contributed by atoms with Gasteiger partial charge in [0.2, 0.25) is 0 Å². The van der Waals surface area contributed by atoms with E-state index in [-0.39, 0.29) is 0 Å². The van der Waals surface area contributed by atoms with Gasteiger partial charge in [0.15, 0.2) is 0 Å². The van der Waals surface area contributed by atoms with Crippen LogP contribution in [-0.4, -0.2) is 13.1 Å². The summed E-state index contributed by atoms with van der Waals surface area (Å²) in [5.74, 6) is 0.943. The molecule has 2 unspecified atom stereocenters. The Labute approximate surface area is 116 Å². The average Bonchev–Trinajstić information content (AvgIpc) is 2.41. The monoisotopic (exact) mass is 255 g/mol. The standard InChI is InChI=1S/C17H37N/c1-5-8-10-11-12-14-17(18-4)15-16(7-3)13-9-6-2/h16-18H,5-15H2,1-4H3. The Balaban J connectivity index is 3.71. The molecule has 1 N–H and O–H groups in total. The normalized spacial score (nSPS) is 14.7. The fourth-order valence-corrected chi connectivity index (χ4v) is 2.76. The highest BCUT2D eigenvalue weighted by molar-refractivity contribution is 4.70. The zero-order valence-corrected chi connectivity index (χ0v) is 13.4. The molecule has 0 aliphatic heterocycles. The number of nitrogens with one attached hydrogen (secondary N) is 1. The Bertz CT molecular complexity index is 156. The predicted octanol–water partition coefficient (Wildman–Crippen LogP) is 5.54. The van der Waals surface area contributed by atoms with E-state index >= 15 is 0 Å². The zero-order valence-electron chi connectivity index (χ0n) is 13.4. The van der Waals surface area contributed by atoms with Crippen molar-refractivity contribution < 1.29 is 0 Å². The van der Waals surface area contributed by atoms with Gasteiger partial charge in [0.25, 0.3) is 0 Å². The molecule has 0 spiro atoms. The molecule has 0 aliphatic carbocycles. The molecule has 0 radical (unpaired) electrons. The van der Waals surface area contributed by atoms with Gasteiger partial charge < -0.3 is 5.32 Å². The molecule has 0 fully saturated rings. The molecule has 0 saturated carbocycles. The van der Waals surface area contributed by atoms with Crippen LogP contribution in [0.4, 0.5) is 0 Å². The van der Waals surface area contributed by atoms with Crippen LogP contribution in [0.15, 0.2) is 0 Å². The highest BCUT2D eigenvalue weighted by Gasteiger charge is 2.13. The van der Waals surface area contributed by atoms with Gasteiger partial charge >= 0.3 is 0 Å². The fraction of sp³-hybridized carbons (Fsp3) is 1.00. The first kappa shape index (κ1) is 18.0. The molecule has 0 heterocycles. The van der Waals surface area contributed by atoms with Crippen LogP contribution in [0.3, 0.4) is 0 Å². The first-order valence-corrected chi connectivity index (χ1v) is 8.45. The van der Waals surface area contributed by atoms with Crippen LogP contribution in [-0.2, 0) is 0 Å². The van der Waals surface area contributed by atoms with Crippen molar-refractivity contribution in [1.82, 2.24) is 5.32 Å². The second kappa shape index (κ2) is 13.4. The van der Waals surface area contributed by atoms with Crippen molar-refractivity contribution in [2.45, 2.75) is 97.4 Å².